The SMILES string of the molecule is CC[C@]1(O)CC[C@@]2(C)C(=CC[C@H]3[C@@H]4CCC[C@H]([C@H](C)CC[C@](C)(O)C(F)(F)F)[C@@]4(C)CC[C@@H]32)C1. The zero-order valence-electron chi connectivity index (χ0n) is 22.0. The Hall–Kier alpha value is -0.550. The number of fused-ring (bicyclic) bond motifs is 5. The lowest BCUT2D eigenvalue weighted by Gasteiger charge is -2.63. The summed E-state index contributed by atoms with van der Waals surface area (Å²) >= 11 is 0. The van der Waals surface area contributed by atoms with E-state index < -0.39 is 17.4 Å². The van der Waals surface area contributed by atoms with Gasteiger partial charge in [-0.3, -0.25) is 0 Å². The van der Waals surface area contributed by atoms with Crippen LogP contribution in [0.1, 0.15) is 112 Å². The van der Waals surface area contributed by atoms with Crippen LogP contribution in [0.25, 0.3) is 0 Å². The van der Waals surface area contributed by atoms with Crippen LogP contribution in [0.5, 0.6) is 0 Å². The average Bonchev–Trinajstić information content (AvgIpc) is 2.76. The van der Waals surface area contributed by atoms with Gasteiger partial charge < -0.3 is 10.2 Å². The fourth-order valence-corrected chi connectivity index (χ4v) is 9.04. The highest BCUT2D eigenvalue weighted by Crippen LogP contribution is 2.66. The van der Waals surface area contributed by atoms with Gasteiger partial charge in [-0.2, -0.15) is 13.2 Å². The summed E-state index contributed by atoms with van der Waals surface area (Å²) in [6.07, 6.45) is 8.65. The summed E-state index contributed by atoms with van der Waals surface area (Å²) < 4.78 is 39.7. The molecule has 0 unspecified atom stereocenters. The highest BCUT2D eigenvalue weighted by atomic mass is 19.4. The summed E-state index contributed by atoms with van der Waals surface area (Å²) in [5, 5.41) is 21.0. The van der Waals surface area contributed by atoms with Gasteiger partial charge in [-0.05, 0) is 118 Å². The molecule has 2 nitrogen and oxygen atoms in total. The van der Waals surface area contributed by atoms with Crippen LogP contribution in [0.4, 0.5) is 13.2 Å². The predicted molar refractivity (Wildman–Crippen MR) is 130 cm³/mol. The smallest absolute Gasteiger partial charge is 0.390 e. The molecule has 34 heavy (non-hydrogen) atoms. The Labute approximate surface area is 204 Å². The zero-order valence-corrected chi connectivity index (χ0v) is 22.0. The first kappa shape index (κ1) is 26.5. The normalized spacial score (nSPS) is 45.3. The average molecular weight is 485 g/mol. The van der Waals surface area contributed by atoms with Crippen molar-refractivity contribution in [3.8, 4) is 0 Å². The molecule has 4 rings (SSSR count). The van der Waals surface area contributed by atoms with Crippen LogP contribution in [-0.2, 0) is 0 Å². The second-order valence-corrected chi connectivity index (χ2v) is 13.4. The van der Waals surface area contributed by atoms with Crippen LogP contribution < -0.4 is 0 Å². The van der Waals surface area contributed by atoms with Crippen LogP contribution in [0, 0.1) is 40.4 Å². The van der Waals surface area contributed by atoms with Crippen molar-refractivity contribution in [2.75, 3.05) is 0 Å². The van der Waals surface area contributed by atoms with Crippen molar-refractivity contribution in [1.29, 1.82) is 0 Å². The maximum Gasteiger partial charge on any atom is 0.416 e. The summed E-state index contributed by atoms with van der Waals surface area (Å²) in [4.78, 5) is 0. The number of hydrogen-bond acceptors (Lipinski definition) is 2. The highest BCUT2D eigenvalue weighted by molar-refractivity contribution is 5.27. The lowest BCUT2D eigenvalue weighted by molar-refractivity contribution is -0.256. The molecule has 0 saturated heterocycles. The number of aliphatic hydroxyl groups is 2. The van der Waals surface area contributed by atoms with Gasteiger partial charge in [0, 0.05) is 0 Å². The third-order valence-corrected chi connectivity index (χ3v) is 11.6. The zero-order chi connectivity index (χ0) is 25.2. The molecule has 9 atom stereocenters. The van der Waals surface area contributed by atoms with Gasteiger partial charge in [0.1, 0.15) is 0 Å². The second-order valence-electron chi connectivity index (χ2n) is 13.4. The van der Waals surface area contributed by atoms with Crippen LogP contribution in [0.15, 0.2) is 11.6 Å². The first-order chi connectivity index (χ1) is 15.7. The number of alkyl halides is 3. The molecule has 4 aliphatic rings. The third-order valence-electron chi connectivity index (χ3n) is 11.6. The highest BCUT2D eigenvalue weighted by Gasteiger charge is 2.59. The topological polar surface area (TPSA) is 40.5 Å². The maximum atomic E-state index is 13.2. The molecule has 0 heterocycles. The van der Waals surface area contributed by atoms with E-state index in [1.165, 1.54) is 18.4 Å². The van der Waals surface area contributed by atoms with E-state index >= 15 is 0 Å². The fourth-order valence-electron chi connectivity index (χ4n) is 9.04. The van der Waals surface area contributed by atoms with E-state index in [1.54, 1.807) is 0 Å². The summed E-state index contributed by atoms with van der Waals surface area (Å²) in [6, 6.07) is 0. The Balaban J connectivity index is 1.52. The van der Waals surface area contributed by atoms with Gasteiger partial charge in [-0.25, -0.2) is 0 Å². The fraction of sp³-hybridized carbons (Fsp3) is 0.931. The Bertz CT molecular complexity index is 789. The molecule has 0 bridgehead atoms. The van der Waals surface area contributed by atoms with Crippen LogP contribution >= 0.6 is 0 Å². The molecule has 5 heteroatoms. The Morgan fingerprint density at radius 1 is 1.09 bits per heavy atom. The molecule has 2 N–H and O–H groups in total. The number of hydrogen-bond donors (Lipinski definition) is 2. The molecular weight excluding hydrogens is 437 g/mol. The molecule has 0 aromatic carbocycles. The van der Waals surface area contributed by atoms with Crippen molar-refractivity contribution < 1.29 is 23.4 Å². The van der Waals surface area contributed by atoms with E-state index in [1.807, 2.05) is 0 Å². The second kappa shape index (κ2) is 8.78. The van der Waals surface area contributed by atoms with Crippen molar-refractivity contribution in [3.05, 3.63) is 11.6 Å². The molecule has 3 fully saturated rings. The quantitative estimate of drug-likeness (QED) is 0.390. The Kier molecular flexibility index (Phi) is 6.85. The maximum absolute atomic E-state index is 13.2. The molecule has 0 radical (unpaired) electrons. The van der Waals surface area contributed by atoms with E-state index in [4.69, 9.17) is 0 Å². The van der Waals surface area contributed by atoms with E-state index in [9.17, 15) is 23.4 Å². The molecule has 0 aliphatic heterocycles. The first-order valence-electron chi connectivity index (χ1n) is 13.9. The van der Waals surface area contributed by atoms with Gasteiger partial charge in [0.25, 0.3) is 0 Å². The molecule has 196 valence electrons. The number of rotatable bonds is 5. The molecule has 0 amide bonds. The van der Waals surface area contributed by atoms with Gasteiger partial charge in [0.2, 0.25) is 0 Å². The van der Waals surface area contributed by atoms with Gasteiger partial charge in [-0.1, -0.05) is 45.8 Å². The van der Waals surface area contributed by atoms with Crippen LogP contribution in [-0.4, -0.2) is 27.6 Å². The van der Waals surface area contributed by atoms with Gasteiger partial charge >= 0.3 is 6.18 Å². The monoisotopic (exact) mass is 484 g/mol. The standard InChI is InChI=1S/C29H47F3O2/c1-6-28(34)17-16-25(3)20(18-28)10-11-21-23-9-7-8-22(26(23,4)14-13-24(21)25)19(2)12-15-27(5,33)29(30,31)32/h10,19,21-24,33-34H,6-9,11-18H2,1-5H3/t19-,21+,22-,23+,24+,25+,26-,27+,28+/m1/s1. The van der Waals surface area contributed by atoms with Gasteiger partial charge in [0.05, 0.1) is 5.60 Å². The van der Waals surface area contributed by atoms with E-state index in [2.05, 4.69) is 33.8 Å². The number of allylic oxidation sites excluding steroid dienone is 1. The lowest BCUT2D eigenvalue weighted by Crippen LogP contribution is -2.55. The molecule has 4 aliphatic carbocycles. The van der Waals surface area contributed by atoms with Crippen molar-refractivity contribution >= 4 is 0 Å². The van der Waals surface area contributed by atoms with E-state index in [0.717, 1.165) is 58.3 Å². The van der Waals surface area contributed by atoms with E-state index in [-0.39, 0.29) is 23.2 Å². The van der Waals surface area contributed by atoms with Crippen LogP contribution in [0.2, 0.25) is 0 Å². The first-order valence-corrected chi connectivity index (χ1v) is 13.9. The predicted octanol–water partition coefficient (Wildman–Crippen LogP) is 7.83. The minimum absolute atomic E-state index is 0.170. The van der Waals surface area contributed by atoms with Gasteiger partial charge in [-0.15, -0.1) is 0 Å². The molecule has 0 spiro atoms. The Morgan fingerprint density at radius 2 is 1.79 bits per heavy atom. The third kappa shape index (κ3) is 4.29. The van der Waals surface area contributed by atoms with Crippen LogP contribution in [0.3, 0.4) is 0 Å². The van der Waals surface area contributed by atoms with Crippen molar-refractivity contribution in [1.82, 2.24) is 0 Å². The molecule has 0 aromatic heterocycles. The number of halogens is 3. The summed E-state index contributed by atoms with van der Waals surface area (Å²) in [7, 11) is 0. The Morgan fingerprint density at radius 3 is 2.44 bits per heavy atom. The summed E-state index contributed by atoms with van der Waals surface area (Å²) in [5.74, 6) is 2.53. The minimum Gasteiger partial charge on any atom is -0.390 e. The largest absolute Gasteiger partial charge is 0.416 e. The molecule has 0 aromatic rings. The minimum atomic E-state index is -4.57. The van der Waals surface area contributed by atoms with Crippen molar-refractivity contribution in [3.63, 3.8) is 0 Å². The lowest BCUT2D eigenvalue weighted by atomic mass is 9.42. The molecular formula is C29H47F3O2. The molecule has 3 saturated carbocycles. The van der Waals surface area contributed by atoms with Gasteiger partial charge in [0.15, 0.2) is 5.60 Å². The summed E-state index contributed by atoms with van der Waals surface area (Å²) in [6.45, 7) is 10.0. The summed E-state index contributed by atoms with van der Waals surface area (Å²) in [5.41, 5.74) is -1.29. The van der Waals surface area contributed by atoms with E-state index in [0.29, 0.717) is 30.1 Å². The van der Waals surface area contributed by atoms with Crippen molar-refractivity contribution in [2.24, 2.45) is 40.4 Å². The van der Waals surface area contributed by atoms with Crippen molar-refractivity contribution in [2.45, 2.75) is 129 Å².